The molecule has 130 valence electrons. The Balaban J connectivity index is 1.79. The van der Waals surface area contributed by atoms with Crippen molar-refractivity contribution < 1.29 is 18.0 Å². The van der Waals surface area contributed by atoms with Gasteiger partial charge in [0.2, 0.25) is 5.91 Å². The van der Waals surface area contributed by atoms with Gasteiger partial charge < -0.3 is 9.73 Å². The van der Waals surface area contributed by atoms with Gasteiger partial charge in [-0.3, -0.25) is 9.36 Å². The number of carbonyl (C=O) groups is 1. The third-order valence-corrected chi connectivity index (χ3v) is 3.97. The van der Waals surface area contributed by atoms with Crippen molar-refractivity contribution in [1.82, 2.24) is 9.88 Å². The fourth-order valence-corrected chi connectivity index (χ4v) is 2.71. The molecular weight excluding hydrogens is 354 g/mol. The Morgan fingerprint density at radius 2 is 2.04 bits per heavy atom. The predicted molar refractivity (Wildman–Crippen MR) is 88.4 cm³/mol. The van der Waals surface area contributed by atoms with E-state index < -0.39 is 29.3 Å². The van der Waals surface area contributed by atoms with Crippen molar-refractivity contribution in [1.29, 1.82) is 0 Å². The van der Waals surface area contributed by atoms with Crippen LogP contribution in [0, 0.1) is 11.6 Å². The van der Waals surface area contributed by atoms with Crippen molar-refractivity contribution in [2.45, 2.75) is 19.5 Å². The van der Waals surface area contributed by atoms with E-state index in [9.17, 15) is 18.4 Å². The third kappa shape index (κ3) is 3.56. The monoisotopic (exact) mass is 366 g/mol. The number of fused-ring (bicyclic) bond motifs is 1. The first-order valence-corrected chi connectivity index (χ1v) is 7.76. The Hall–Kier alpha value is -2.67. The number of rotatable bonds is 4. The number of carbonyl (C=O) groups excluding carboxylic acids is 1. The summed E-state index contributed by atoms with van der Waals surface area (Å²) in [6, 6.07) is 7.04. The molecule has 0 spiro atoms. The molecule has 0 fully saturated rings. The summed E-state index contributed by atoms with van der Waals surface area (Å²) in [6.45, 7) is 1.25. The van der Waals surface area contributed by atoms with E-state index in [1.807, 2.05) is 0 Å². The molecule has 3 aromatic rings. The molecule has 25 heavy (non-hydrogen) atoms. The van der Waals surface area contributed by atoms with Crippen LogP contribution in [0.2, 0.25) is 5.02 Å². The SMILES string of the molecule is C[C@H](NC(=O)Cn1c(=O)oc2cc(Cl)ccc21)c1ccc(F)cc1F. The molecule has 0 aliphatic rings. The lowest BCUT2D eigenvalue weighted by atomic mass is 10.1. The summed E-state index contributed by atoms with van der Waals surface area (Å²) in [5, 5.41) is 2.97. The van der Waals surface area contributed by atoms with Crippen molar-refractivity contribution in [3.8, 4) is 0 Å². The lowest BCUT2D eigenvalue weighted by Crippen LogP contribution is -2.33. The van der Waals surface area contributed by atoms with Crippen LogP contribution in [0.4, 0.5) is 8.78 Å². The van der Waals surface area contributed by atoms with Crippen LogP contribution < -0.4 is 11.1 Å². The minimum absolute atomic E-state index is 0.144. The van der Waals surface area contributed by atoms with Crippen LogP contribution in [-0.4, -0.2) is 10.5 Å². The van der Waals surface area contributed by atoms with Crippen LogP contribution in [0.3, 0.4) is 0 Å². The molecule has 1 N–H and O–H groups in total. The van der Waals surface area contributed by atoms with Crippen LogP contribution >= 0.6 is 11.6 Å². The number of oxazole rings is 1. The second-order valence-electron chi connectivity index (χ2n) is 5.52. The van der Waals surface area contributed by atoms with E-state index in [-0.39, 0.29) is 17.7 Å². The maximum atomic E-state index is 13.8. The number of hydrogen-bond acceptors (Lipinski definition) is 3. The average molecular weight is 367 g/mol. The van der Waals surface area contributed by atoms with Gasteiger partial charge in [-0.2, -0.15) is 0 Å². The van der Waals surface area contributed by atoms with Gasteiger partial charge in [0.1, 0.15) is 18.2 Å². The van der Waals surface area contributed by atoms with E-state index >= 15 is 0 Å². The first kappa shape index (κ1) is 17.2. The van der Waals surface area contributed by atoms with Crippen molar-refractivity contribution in [3.05, 3.63) is 69.2 Å². The number of nitrogens with one attached hydrogen (secondary N) is 1. The highest BCUT2D eigenvalue weighted by molar-refractivity contribution is 6.31. The lowest BCUT2D eigenvalue weighted by Gasteiger charge is -2.15. The van der Waals surface area contributed by atoms with Gasteiger partial charge in [-0.05, 0) is 25.1 Å². The topological polar surface area (TPSA) is 64.2 Å². The van der Waals surface area contributed by atoms with Crippen LogP contribution in [0.1, 0.15) is 18.5 Å². The van der Waals surface area contributed by atoms with E-state index in [1.54, 1.807) is 19.1 Å². The molecule has 1 heterocycles. The van der Waals surface area contributed by atoms with Gasteiger partial charge in [0.05, 0.1) is 11.6 Å². The molecule has 0 aliphatic heterocycles. The van der Waals surface area contributed by atoms with Crippen LogP contribution in [0.15, 0.2) is 45.6 Å². The summed E-state index contributed by atoms with van der Waals surface area (Å²) in [4.78, 5) is 24.1. The van der Waals surface area contributed by atoms with E-state index in [0.29, 0.717) is 10.5 Å². The highest BCUT2D eigenvalue weighted by atomic mass is 35.5. The van der Waals surface area contributed by atoms with Crippen molar-refractivity contribution in [3.63, 3.8) is 0 Å². The standard InChI is InChI=1S/C17H13ClF2N2O3/c1-9(12-4-3-11(19)7-13(12)20)21-16(23)8-22-14-5-2-10(18)6-15(14)25-17(22)24/h2-7,9H,8H2,1H3,(H,21,23)/t9-/m0/s1. The minimum atomic E-state index is -0.756. The Morgan fingerprint density at radius 3 is 2.76 bits per heavy atom. The van der Waals surface area contributed by atoms with Gasteiger partial charge >= 0.3 is 5.76 Å². The number of aromatic nitrogens is 1. The fourth-order valence-electron chi connectivity index (χ4n) is 2.55. The first-order valence-electron chi connectivity index (χ1n) is 7.38. The Morgan fingerprint density at radius 1 is 1.28 bits per heavy atom. The van der Waals surface area contributed by atoms with E-state index in [2.05, 4.69) is 5.32 Å². The molecule has 1 aromatic heterocycles. The molecule has 3 rings (SSSR count). The molecule has 0 saturated heterocycles. The zero-order valence-electron chi connectivity index (χ0n) is 13.1. The number of amides is 1. The third-order valence-electron chi connectivity index (χ3n) is 3.74. The molecule has 0 radical (unpaired) electrons. The quantitative estimate of drug-likeness (QED) is 0.769. The maximum Gasteiger partial charge on any atom is 0.420 e. The predicted octanol–water partition coefficient (Wildman–Crippen LogP) is 3.40. The van der Waals surface area contributed by atoms with E-state index in [0.717, 1.165) is 16.7 Å². The number of hydrogen-bond donors (Lipinski definition) is 1. The molecular formula is C17H13ClF2N2O3. The lowest BCUT2D eigenvalue weighted by molar-refractivity contribution is -0.122. The Labute approximate surface area is 145 Å². The molecule has 0 aliphatic carbocycles. The summed E-state index contributed by atoms with van der Waals surface area (Å²) in [7, 11) is 0. The maximum absolute atomic E-state index is 13.8. The van der Waals surface area contributed by atoms with Gasteiger partial charge in [0, 0.05) is 22.7 Å². The summed E-state index contributed by atoms with van der Waals surface area (Å²) in [5.41, 5.74) is 0.832. The molecule has 0 unspecified atom stereocenters. The normalized spacial score (nSPS) is 12.3. The van der Waals surface area contributed by atoms with Crippen molar-refractivity contribution >= 4 is 28.6 Å². The van der Waals surface area contributed by atoms with Gasteiger partial charge in [0.25, 0.3) is 0 Å². The Bertz CT molecular complexity index is 1010. The zero-order chi connectivity index (χ0) is 18.1. The van der Waals surface area contributed by atoms with Gasteiger partial charge in [-0.15, -0.1) is 0 Å². The number of benzene rings is 2. The fraction of sp³-hybridized carbons (Fsp3) is 0.176. The molecule has 0 saturated carbocycles. The second kappa shape index (κ2) is 6.68. The molecule has 1 atom stereocenters. The highest BCUT2D eigenvalue weighted by Crippen LogP contribution is 2.19. The zero-order valence-corrected chi connectivity index (χ0v) is 13.8. The highest BCUT2D eigenvalue weighted by Gasteiger charge is 2.17. The van der Waals surface area contributed by atoms with E-state index in [1.165, 1.54) is 12.1 Å². The molecule has 0 bridgehead atoms. The van der Waals surface area contributed by atoms with Crippen LogP contribution in [0.25, 0.3) is 11.1 Å². The Kier molecular flexibility index (Phi) is 4.59. The van der Waals surface area contributed by atoms with Crippen molar-refractivity contribution in [2.24, 2.45) is 0 Å². The average Bonchev–Trinajstić information content (AvgIpc) is 2.81. The van der Waals surface area contributed by atoms with E-state index in [4.69, 9.17) is 16.0 Å². The summed E-state index contributed by atoms with van der Waals surface area (Å²) < 4.78 is 32.9. The summed E-state index contributed by atoms with van der Waals surface area (Å²) in [5.74, 6) is -2.67. The number of halogens is 3. The first-order chi connectivity index (χ1) is 11.8. The van der Waals surface area contributed by atoms with Gasteiger partial charge in [-0.25, -0.2) is 13.6 Å². The van der Waals surface area contributed by atoms with Crippen LogP contribution in [0.5, 0.6) is 0 Å². The van der Waals surface area contributed by atoms with Gasteiger partial charge in [0.15, 0.2) is 5.58 Å². The van der Waals surface area contributed by atoms with Crippen LogP contribution in [-0.2, 0) is 11.3 Å². The second-order valence-corrected chi connectivity index (χ2v) is 5.96. The molecule has 8 heteroatoms. The summed E-state index contributed by atoms with van der Waals surface area (Å²) in [6.07, 6.45) is 0. The molecule has 1 amide bonds. The van der Waals surface area contributed by atoms with Gasteiger partial charge in [-0.1, -0.05) is 17.7 Å². The molecule has 2 aromatic carbocycles. The number of nitrogens with zero attached hydrogens (tertiary/aromatic N) is 1. The summed E-state index contributed by atoms with van der Waals surface area (Å²) >= 11 is 5.84. The smallest absolute Gasteiger partial charge is 0.408 e. The van der Waals surface area contributed by atoms with Crippen molar-refractivity contribution in [2.75, 3.05) is 0 Å². The minimum Gasteiger partial charge on any atom is -0.408 e. The molecule has 5 nitrogen and oxygen atoms in total. The largest absolute Gasteiger partial charge is 0.420 e.